The maximum atomic E-state index is 10.4. The lowest BCUT2D eigenvalue weighted by Gasteiger charge is -2.07. The van der Waals surface area contributed by atoms with Crippen molar-refractivity contribution >= 4 is 11.9 Å². The van der Waals surface area contributed by atoms with Gasteiger partial charge in [-0.1, -0.05) is 70.6 Å². The van der Waals surface area contributed by atoms with Crippen molar-refractivity contribution in [2.75, 3.05) is 6.54 Å². The summed E-state index contributed by atoms with van der Waals surface area (Å²) >= 11 is 0. The van der Waals surface area contributed by atoms with Crippen molar-refractivity contribution < 1.29 is 15.0 Å². The lowest BCUT2D eigenvalue weighted by molar-refractivity contribution is -0.139. The summed E-state index contributed by atoms with van der Waals surface area (Å²) in [5, 5.41) is 27.8. The van der Waals surface area contributed by atoms with Crippen molar-refractivity contribution in [3.05, 3.63) is 0 Å². The van der Waals surface area contributed by atoms with Gasteiger partial charge >= 0.3 is 5.97 Å². The normalized spacial score (nSPS) is 12.0. The number of aliphatic hydroxyl groups excluding tert-OH is 1. The van der Waals surface area contributed by atoms with Gasteiger partial charge in [0.25, 0.3) is 0 Å². The molecule has 0 saturated carbocycles. The fraction of sp³-hybridized carbons (Fsp3) is 0.889. The molecule has 0 fully saturated rings. The maximum absolute atomic E-state index is 10.4. The number of carboxylic acids is 1. The lowest BCUT2D eigenvalue weighted by Crippen LogP contribution is -2.30. The van der Waals surface area contributed by atoms with Crippen LogP contribution in [0, 0.1) is 5.41 Å². The van der Waals surface area contributed by atoms with Crippen LogP contribution in [-0.2, 0) is 4.79 Å². The minimum absolute atomic E-state index is 0.0615. The Morgan fingerprint density at radius 2 is 1.29 bits per heavy atom. The number of nitrogens with one attached hydrogen (secondary N) is 2. The standard InChI is InChI=1S/C18H37N3O3/c19-18(20)21-14-12-10-8-6-4-2-1-3-5-7-9-11-13-16(22)15-17(23)24/h16,22H,1-15H2,(H,23,24)(H4,19,20,21). The quantitative estimate of drug-likeness (QED) is 0.157. The molecule has 6 nitrogen and oxygen atoms in total. The molecule has 6 heteroatoms. The number of nitrogens with two attached hydrogens (primary N) is 1. The van der Waals surface area contributed by atoms with Crippen molar-refractivity contribution in [3.8, 4) is 0 Å². The summed E-state index contributed by atoms with van der Waals surface area (Å²) in [4.78, 5) is 10.4. The Hall–Kier alpha value is -1.30. The van der Waals surface area contributed by atoms with Gasteiger partial charge in [-0.15, -0.1) is 0 Å². The minimum Gasteiger partial charge on any atom is -0.481 e. The predicted octanol–water partition coefficient (Wildman–Crippen LogP) is 3.38. The summed E-state index contributed by atoms with van der Waals surface area (Å²) in [6.45, 7) is 0.808. The fourth-order valence-electron chi connectivity index (χ4n) is 2.80. The molecule has 0 aromatic rings. The molecular formula is C18H37N3O3. The van der Waals surface area contributed by atoms with E-state index in [9.17, 15) is 9.90 Å². The number of carboxylic acid groups (broad SMARTS) is 1. The third-order valence-corrected chi connectivity index (χ3v) is 4.19. The van der Waals surface area contributed by atoms with Gasteiger partial charge in [0, 0.05) is 6.54 Å². The molecule has 0 aliphatic carbocycles. The summed E-state index contributed by atoms with van der Waals surface area (Å²) < 4.78 is 0. The molecule has 0 saturated heterocycles. The van der Waals surface area contributed by atoms with Gasteiger partial charge in [-0.2, -0.15) is 0 Å². The molecule has 0 heterocycles. The Bertz CT molecular complexity index is 325. The van der Waals surface area contributed by atoms with Crippen LogP contribution >= 0.6 is 0 Å². The van der Waals surface area contributed by atoms with E-state index in [0.29, 0.717) is 6.42 Å². The molecule has 6 N–H and O–H groups in total. The van der Waals surface area contributed by atoms with Gasteiger partial charge < -0.3 is 21.3 Å². The number of aliphatic hydroxyl groups is 1. The first-order chi connectivity index (χ1) is 11.5. The summed E-state index contributed by atoms with van der Waals surface area (Å²) in [6, 6.07) is 0. The predicted molar refractivity (Wildman–Crippen MR) is 98.2 cm³/mol. The number of carbonyl (C=O) groups is 1. The van der Waals surface area contributed by atoms with Crippen LogP contribution in [0.15, 0.2) is 0 Å². The number of rotatable bonds is 17. The number of hydrogen-bond acceptors (Lipinski definition) is 3. The van der Waals surface area contributed by atoms with Crippen LogP contribution in [0.5, 0.6) is 0 Å². The SMILES string of the molecule is N=C(N)NCCCCCCCCCCCCCCC(O)CC(=O)O. The molecule has 0 radical (unpaired) electrons. The van der Waals surface area contributed by atoms with E-state index in [1.54, 1.807) is 0 Å². The Balaban J connectivity index is 3.10. The van der Waals surface area contributed by atoms with E-state index in [2.05, 4.69) is 5.32 Å². The molecule has 0 aromatic heterocycles. The van der Waals surface area contributed by atoms with Crippen LogP contribution in [0.4, 0.5) is 0 Å². The summed E-state index contributed by atoms with van der Waals surface area (Å²) in [5.74, 6) is -0.860. The Morgan fingerprint density at radius 3 is 1.71 bits per heavy atom. The van der Waals surface area contributed by atoms with Crippen molar-refractivity contribution in [2.45, 2.75) is 96.0 Å². The first-order valence-electron chi connectivity index (χ1n) is 9.50. The molecule has 24 heavy (non-hydrogen) atoms. The van der Waals surface area contributed by atoms with Crippen LogP contribution in [0.1, 0.15) is 89.9 Å². The summed E-state index contributed by atoms with van der Waals surface area (Å²) in [7, 11) is 0. The zero-order valence-electron chi connectivity index (χ0n) is 15.1. The Morgan fingerprint density at radius 1 is 0.875 bits per heavy atom. The van der Waals surface area contributed by atoms with Crippen LogP contribution in [-0.4, -0.2) is 34.8 Å². The van der Waals surface area contributed by atoms with E-state index < -0.39 is 12.1 Å². The first kappa shape index (κ1) is 22.7. The molecule has 0 aliphatic heterocycles. The van der Waals surface area contributed by atoms with Crippen molar-refractivity contribution in [2.24, 2.45) is 5.73 Å². The van der Waals surface area contributed by atoms with E-state index in [4.69, 9.17) is 16.2 Å². The lowest BCUT2D eigenvalue weighted by atomic mass is 10.0. The van der Waals surface area contributed by atoms with Crippen LogP contribution < -0.4 is 11.1 Å². The average Bonchev–Trinajstić information content (AvgIpc) is 2.50. The second-order valence-electron chi connectivity index (χ2n) is 6.62. The van der Waals surface area contributed by atoms with Crippen LogP contribution in [0.2, 0.25) is 0 Å². The minimum atomic E-state index is -0.921. The highest BCUT2D eigenvalue weighted by molar-refractivity contribution is 5.74. The molecule has 1 unspecified atom stereocenters. The topological polar surface area (TPSA) is 119 Å². The molecule has 142 valence electrons. The van der Waals surface area contributed by atoms with Gasteiger partial charge in [0.05, 0.1) is 12.5 Å². The van der Waals surface area contributed by atoms with Crippen molar-refractivity contribution in [3.63, 3.8) is 0 Å². The van der Waals surface area contributed by atoms with E-state index >= 15 is 0 Å². The number of guanidine groups is 1. The summed E-state index contributed by atoms with van der Waals surface area (Å²) in [5.41, 5.74) is 5.21. The average molecular weight is 344 g/mol. The van der Waals surface area contributed by atoms with E-state index in [1.807, 2.05) is 0 Å². The molecule has 0 bridgehead atoms. The highest BCUT2D eigenvalue weighted by atomic mass is 16.4. The second kappa shape index (κ2) is 16.6. The Kier molecular flexibility index (Phi) is 15.7. The maximum Gasteiger partial charge on any atom is 0.305 e. The van der Waals surface area contributed by atoms with E-state index in [0.717, 1.165) is 25.8 Å². The van der Waals surface area contributed by atoms with Crippen LogP contribution in [0.25, 0.3) is 0 Å². The summed E-state index contributed by atoms with van der Waals surface area (Å²) in [6.07, 6.45) is 14.3. The van der Waals surface area contributed by atoms with Gasteiger partial charge in [-0.25, -0.2) is 0 Å². The molecule has 0 aromatic carbocycles. The fourth-order valence-corrected chi connectivity index (χ4v) is 2.80. The molecular weight excluding hydrogens is 306 g/mol. The van der Waals surface area contributed by atoms with Gasteiger partial charge in [0.1, 0.15) is 0 Å². The molecule has 0 rings (SSSR count). The van der Waals surface area contributed by atoms with Gasteiger partial charge in [0.2, 0.25) is 0 Å². The highest BCUT2D eigenvalue weighted by Gasteiger charge is 2.08. The largest absolute Gasteiger partial charge is 0.481 e. The molecule has 0 spiro atoms. The zero-order valence-corrected chi connectivity index (χ0v) is 15.1. The third-order valence-electron chi connectivity index (χ3n) is 4.19. The molecule has 0 amide bonds. The van der Waals surface area contributed by atoms with Crippen molar-refractivity contribution in [1.82, 2.24) is 5.32 Å². The number of hydrogen-bond donors (Lipinski definition) is 5. The molecule has 0 aliphatic rings. The smallest absolute Gasteiger partial charge is 0.305 e. The van der Waals surface area contributed by atoms with Crippen molar-refractivity contribution in [1.29, 1.82) is 5.41 Å². The monoisotopic (exact) mass is 343 g/mol. The van der Waals surface area contributed by atoms with Gasteiger partial charge in [0.15, 0.2) is 5.96 Å². The second-order valence-corrected chi connectivity index (χ2v) is 6.62. The van der Waals surface area contributed by atoms with Gasteiger partial charge in [-0.3, -0.25) is 10.2 Å². The first-order valence-corrected chi connectivity index (χ1v) is 9.50. The Labute approximate surface area is 146 Å². The molecule has 1 atom stereocenters. The number of unbranched alkanes of at least 4 members (excludes halogenated alkanes) is 11. The van der Waals surface area contributed by atoms with E-state index in [1.165, 1.54) is 57.8 Å². The third kappa shape index (κ3) is 18.7. The van der Waals surface area contributed by atoms with E-state index in [-0.39, 0.29) is 12.4 Å². The number of aliphatic carboxylic acids is 1. The highest BCUT2D eigenvalue weighted by Crippen LogP contribution is 2.13. The van der Waals surface area contributed by atoms with Crippen LogP contribution in [0.3, 0.4) is 0 Å². The van der Waals surface area contributed by atoms with Gasteiger partial charge in [-0.05, 0) is 12.8 Å². The zero-order chi connectivity index (χ0) is 18.0.